The van der Waals surface area contributed by atoms with E-state index in [1.54, 1.807) is 18.2 Å². The molecule has 1 amide bonds. The Kier molecular flexibility index (Phi) is 5.47. The number of amides is 1. The average molecular weight is 351 g/mol. The molecule has 2 N–H and O–H groups in total. The van der Waals surface area contributed by atoms with Crippen LogP contribution in [0, 0.1) is 5.82 Å². The van der Waals surface area contributed by atoms with Gasteiger partial charge in [0.25, 0.3) is 0 Å². The van der Waals surface area contributed by atoms with E-state index in [1.807, 2.05) is 31.2 Å². The second kappa shape index (κ2) is 7.33. The smallest absolute Gasteiger partial charge is 0.238 e. The molecule has 110 valence electrons. The van der Waals surface area contributed by atoms with Crippen molar-refractivity contribution in [2.75, 3.05) is 11.9 Å². The Bertz CT molecular complexity index is 616. The summed E-state index contributed by atoms with van der Waals surface area (Å²) in [7, 11) is 0. The van der Waals surface area contributed by atoms with E-state index in [1.165, 1.54) is 6.07 Å². The first-order chi connectivity index (χ1) is 10.1. The van der Waals surface area contributed by atoms with E-state index in [0.29, 0.717) is 5.56 Å². The summed E-state index contributed by atoms with van der Waals surface area (Å²) in [4.78, 5) is 11.8. The first-order valence-electron chi connectivity index (χ1n) is 6.59. The molecule has 0 aliphatic rings. The molecule has 21 heavy (non-hydrogen) atoms. The van der Waals surface area contributed by atoms with Crippen LogP contribution in [0.2, 0.25) is 0 Å². The van der Waals surface area contributed by atoms with Gasteiger partial charge in [-0.25, -0.2) is 4.39 Å². The number of hydrogen-bond donors (Lipinski definition) is 2. The molecule has 5 heteroatoms. The van der Waals surface area contributed by atoms with Gasteiger partial charge in [-0.05, 0) is 37.3 Å². The van der Waals surface area contributed by atoms with Crippen molar-refractivity contribution in [3.63, 3.8) is 0 Å². The van der Waals surface area contributed by atoms with E-state index in [-0.39, 0.29) is 24.3 Å². The third kappa shape index (κ3) is 4.65. The van der Waals surface area contributed by atoms with Gasteiger partial charge in [0.05, 0.1) is 6.54 Å². The number of benzene rings is 2. The molecule has 0 saturated heterocycles. The van der Waals surface area contributed by atoms with Crippen molar-refractivity contribution in [3.05, 3.63) is 64.4 Å². The van der Waals surface area contributed by atoms with Crippen LogP contribution >= 0.6 is 15.9 Å². The quantitative estimate of drug-likeness (QED) is 0.859. The Balaban J connectivity index is 1.86. The van der Waals surface area contributed by atoms with Crippen molar-refractivity contribution < 1.29 is 9.18 Å². The van der Waals surface area contributed by atoms with Crippen LogP contribution in [0.3, 0.4) is 0 Å². The van der Waals surface area contributed by atoms with Crippen LogP contribution in [0.4, 0.5) is 10.1 Å². The van der Waals surface area contributed by atoms with Crippen molar-refractivity contribution >= 4 is 27.5 Å². The highest BCUT2D eigenvalue weighted by molar-refractivity contribution is 9.10. The van der Waals surface area contributed by atoms with Crippen molar-refractivity contribution in [2.24, 2.45) is 0 Å². The maximum atomic E-state index is 13.6. The zero-order valence-electron chi connectivity index (χ0n) is 11.6. The van der Waals surface area contributed by atoms with Crippen molar-refractivity contribution in [1.29, 1.82) is 0 Å². The summed E-state index contributed by atoms with van der Waals surface area (Å²) >= 11 is 3.33. The molecule has 1 atom stereocenters. The minimum Gasteiger partial charge on any atom is -0.325 e. The van der Waals surface area contributed by atoms with Gasteiger partial charge in [-0.2, -0.15) is 0 Å². The van der Waals surface area contributed by atoms with Gasteiger partial charge in [0.15, 0.2) is 0 Å². The molecule has 0 radical (unpaired) electrons. The standard InChI is InChI=1S/C16H16BrFN2O/c1-11(14-4-2-3-5-15(14)18)19-10-16(21)20-13-8-6-12(17)7-9-13/h2-9,11,19H,10H2,1H3,(H,20,21)/t11-/m1/s1. The first-order valence-corrected chi connectivity index (χ1v) is 7.39. The lowest BCUT2D eigenvalue weighted by molar-refractivity contribution is -0.115. The molecule has 0 heterocycles. The fourth-order valence-corrected chi connectivity index (χ4v) is 2.18. The highest BCUT2D eigenvalue weighted by Crippen LogP contribution is 2.16. The van der Waals surface area contributed by atoms with Crippen LogP contribution in [0.5, 0.6) is 0 Å². The Morgan fingerprint density at radius 2 is 1.86 bits per heavy atom. The van der Waals surface area contributed by atoms with Gasteiger partial charge < -0.3 is 10.6 Å². The molecule has 0 unspecified atom stereocenters. The highest BCUT2D eigenvalue weighted by Gasteiger charge is 2.11. The topological polar surface area (TPSA) is 41.1 Å². The Hall–Kier alpha value is -1.72. The second-order valence-corrected chi connectivity index (χ2v) is 5.59. The third-order valence-electron chi connectivity index (χ3n) is 3.07. The monoisotopic (exact) mass is 350 g/mol. The molecule has 2 aromatic rings. The van der Waals surface area contributed by atoms with E-state index >= 15 is 0 Å². The SMILES string of the molecule is C[C@@H](NCC(=O)Nc1ccc(Br)cc1)c1ccccc1F. The van der Waals surface area contributed by atoms with Crippen LogP contribution < -0.4 is 10.6 Å². The molecule has 0 saturated carbocycles. The van der Waals surface area contributed by atoms with E-state index < -0.39 is 0 Å². The average Bonchev–Trinajstić information content (AvgIpc) is 2.48. The molecule has 0 aliphatic heterocycles. The van der Waals surface area contributed by atoms with Crippen LogP contribution in [0.25, 0.3) is 0 Å². The molecular formula is C16H16BrFN2O. The zero-order chi connectivity index (χ0) is 15.2. The lowest BCUT2D eigenvalue weighted by atomic mass is 10.1. The van der Waals surface area contributed by atoms with Gasteiger partial charge in [0.1, 0.15) is 5.82 Å². The van der Waals surface area contributed by atoms with Gasteiger partial charge in [-0.1, -0.05) is 34.1 Å². The number of halogens is 2. The van der Waals surface area contributed by atoms with E-state index in [9.17, 15) is 9.18 Å². The summed E-state index contributed by atoms with van der Waals surface area (Å²) in [5.41, 5.74) is 1.28. The molecule has 0 spiro atoms. The molecule has 2 rings (SSSR count). The summed E-state index contributed by atoms with van der Waals surface area (Å²) in [6.45, 7) is 1.94. The van der Waals surface area contributed by atoms with Crippen molar-refractivity contribution in [2.45, 2.75) is 13.0 Å². The largest absolute Gasteiger partial charge is 0.325 e. The van der Waals surface area contributed by atoms with E-state index in [4.69, 9.17) is 0 Å². The number of carbonyl (C=O) groups excluding carboxylic acids is 1. The summed E-state index contributed by atoms with van der Waals surface area (Å²) in [5, 5.41) is 5.78. The summed E-state index contributed by atoms with van der Waals surface area (Å²) < 4.78 is 14.6. The number of rotatable bonds is 5. The van der Waals surface area contributed by atoms with Crippen LogP contribution in [0.15, 0.2) is 53.0 Å². The lowest BCUT2D eigenvalue weighted by Crippen LogP contribution is -2.30. The molecule has 2 aromatic carbocycles. The molecule has 0 bridgehead atoms. The zero-order valence-corrected chi connectivity index (χ0v) is 13.2. The molecular weight excluding hydrogens is 335 g/mol. The predicted molar refractivity (Wildman–Crippen MR) is 85.6 cm³/mol. The van der Waals surface area contributed by atoms with Crippen LogP contribution in [0.1, 0.15) is 18.5 Å². The minimum absolute atomic E-state index is 0.117. The maximum absolute atomic E-state index is 13.6. The van der Waals surface area contributed by atoms with Crippen LogP contribution in [-0.4, -0.2) is 12.5 Å². The van der Waals surface area contributed by atoms with Gasteiger partial charge in [0, 0.05) is 21.8 Å². The van der Waals surface area contributed by atoms with Gasteiger partial charge in [-0.3, -0.25) is 4.79 Å². The molecule has 0 aromatic heterocycles. The molecule has 0 fully saturated rings. The summed E-state index contributed by atoms with van der Waals surface area (Å²) in [6.07, 6.45) is 0. The Labute approximate surface area is 131 Å². The van der Waals surface area contributed by atoms with E-state index in [2.05, 4.69) is 26.6 Å². The Morgan fingerprint density at radius 3 is 2.52 bits per heavy atom. The number of anilines is 1. The van der Waals surface area contributed by atoms with E-state index in [0.717, 1.165) is 10.2 Å². The van der Waals surface area contributed by atoms with Gasteiger partial charge in [-0.15, -0.1) is 0 Å². The van der Waals surface area contributed by atoms with Crippen molar-refractivity contribution in [1.82, 2.24) is 5.32 Å². The summed E-state index contributed by atoms with van der Waals surface area (Å²) in [5.74, 6) is -0.439. The normalized spacial score (nSPS) is 12.0. The van der Waals surface area contributed by atoms with Gasteiger partial charge >= 0.3 is 0 Å². The number of nitrogens with one attached hydrogen (secondary N) is 2. The molecule has 0 aliphatic carbocycles. The Morgan fingerprint density at radius 1 is 1.19 bits per heavy atom. The fraction of sp³-hybridized carbons (Fsp3) is 0.188. The lowest BCUT2D eigenvalue weighted by Gasteiger charge is -2.14. The highest BCUT2D eigenvalue weighted by atomic mass is 79.9. The molecule has 3 nitrogen and oxygen atoms in total. The number of hydrogen-bond acceptors (Lipinski definition) is 2. The number of carbonyl (C=O) groups is 1. The third-order valence-corrected chi connectivity index (χ3v) is 3.60. The second-order valence-electron chi connectivity index (χ2n) is 4.68. The first kappa shape index (κ1) is 15.7. The predicted octanol–water partition coefficient (Wildman–Crippen LogP) is 3.88. The minimum atomic E-state index is -0.272. The maximum Gasteiger partial charge on any atom is 0.238 e. The van der Waals surface area contributed by atoms with Gasteiger partial charge in [0.2, 0.25) is 5.91 Å². The summed E-state index contributed by atoms with van der Waals surface area (Å²) in [6, 6.07) is 13.6. The fourth-order valence-electron chi connectivity index (χ4n) is 1.92. The van der Waals surface area contributed by atoms with Crippen molar-refractivity contribution in [3.8, 4) is 0 Å². The van der Waals surface area contributed by atoms with Crippen LogP contribution in [-0.2, 0) is 4.79 Å².